The van der Waals surface area contributed by atoms with Gasteiger partial charge < -0.3 is 14.5 Å². The average Bonchev–Trinajstić information content (AvgIpc) is 3.26. The number of benzene rings is 1. The molecule has 0 aliphatic heterocycles. The van der Waals surface area contributed by atoms with Crippen LogP contribution in [0.3, 0.4) is 0 Å². The van der Waals surface area contributed by atoms with Gasteiger partial charge in [0.05, 0.1) is 30.3 Å². The number of hydrogen-bond acceptors (Lipinski definition) is 5. The van der Waals surface area contributed by atoms with E-state index in [9.17, 15) is 4.79 Å². The van der Waals surface area contributed by atoms with Crippen LogP contribution in [0.2, 0.25) is 0 Å². The van der Waals surface area contributed by atoms with Crippen molar-refractivity contribution in [3.05, 3.63) is 72.2 Å². The normalized spacial score (nSPS) is 10.7. The molecule has 0 aliphatic rings. The number of carbonyl (C=O) groups is 1. The van der Waals surface area contributed by atoms with Crippen LogP contribution in [0.1, 0.15) is 15.9 Å². The van der Waals surface area contributed by atoms with Crippen LogP contribution in [0.5, 0.6) is 11.6 Å². The maximum Gasteiger partial charge on any atom is 0.213 e. The Balaban J connectivity index is 1.75. The molecule has 0 aliphatic carbocycles. The minimum Gasteiger partial charge on any atom is -0.486 e. The van der Waals surface area contributed by atoms with E-state index in [0.717, 1.165) is 34.0 Å². The van der Waals surface area contributed by atoms with E-state index in [2.05, 4.69) is 15.0 Å². The van der Waals surface area contributed by atoms with Crippen LogP contribution in [-0.4, -0.2) is 28.3 Å². The summed E-state index contributed by atoms with van der Waals surface area (Å²) in [6.45, 7) is 0.248. The molecule has 0 saturated carbocycles. The Labute approximate surface area is 155 Å². The highest BCUT2D eigenvalue weighted by Crippen LogP contribution is 2.29. The Morgan fingerprint density at radius 3 is 2.78 bits per heavy atom. The molecule has 0 radical (unpaired) electrons. The fourth-order valence-electron chi connectivity index (χ4n) is 2.99. The lowest BCUT2D eigenvalue weighted by Crippen LogP contribution is -2.04. The van der Waals surface area contributed by atoms with Crippen molar-refractivity contribution < 1.29 is 14.3 Å². The summed E-state index contributed by atoms with van der Waals surface area (Å²) in [6, 6.07) is 13.4. The second-order valence-electron chi connectivity index (χ2n) is 5.93. The summed E-state index contributed by atoms with van der Waals surface area (Å²) >= 11 is 0. The second-order valence-corrected chi connectivity index (χ2v) is 5.93. The molecule has 0 atom stereocenters. The Morgan fingerprint density at radius 2 is 2.00 bits per heavy atom. The molecular formula is C21H17N3O3. The summed E-state index contributed by atoms with van der Waals surface area (Å²) in [5, 5.41) is 2.07. The van der Waals surface area contributed by atoms with Gasteiger partial charge in [-0.05, 0) is 17.5 Å². The number of H-pyrrole nitrogens is 1. The highest BCUT2D eigenvalue weighted by molar-refractivity contribution is 5.89. The van der Waals surface area contributed by atoms with Gasteiger partial charge in [0.25, 0.3) is 0 Å². The number of aromatic nitrogens is 3. The lowest BCUT2D eigenvalue weighted by atomic mass is 10.0. The number of hydrogen-bond donors (Lipinski definition) is 1. The summed E-state index contributed by atoms with van der Waals surface area (Å²) in [5.41, 5.74) is 3.04. The first-order chi connectivity index (χ1) is 13.3. The van der Waals surface area contributed by atoms with Gasteiger partial charge >= 0.3 is 0 Å². The number of methoxy groups -OCH3 is 1. The lowest BCUT2D eigenvalue weighted by molar-refractivity contribution is 0.111. The molecule has 1 N–H and O–H groups in total. The van der Waals surface area contributed by atoms with Crippen LogP contribution in [0.4, 0.5) is 0 Å². The van der Waals surface area contributed by atoms with Crippen LogP contribution in [0.25, 0.3) is 22.2 Å². The van der Waals surface area contributed by atoms with E-state index in [1.165, 1.54) is 13.3 Å². The largest absolute Gasteiger partial charge is 0.486 e. The first kappa shape index (κ1) is 16.8. The molecule has 0 unspecified atom stereocenters. The van der Waals surface area contributed by atoms with Crippen LogP contribution in [0, 0.1) is 0 Å². The number of rotatable bonds is 6. The number of ether oxygens (including phenoxy) is 2. The number of carbonyl (C=O) groups excluding carboxylic acids is 1. The maximum atomic E-state index is 11.4. The van der Waals surface area contributed by atoms with Crippen molar-refractivity contribution in [1.29, 1.82) is 0 Å². The fourth-order valence-corrected chi connectivity index (χ4v) is 2.99. The molecule has 27 heavy (non-hydrogen) atoms. The molecule has 6 heteroatoms. The predicted octanol–water partition coefficient (Wildman–Crippen LogP) is 4.03. The zero-order chi connectivity index (χ0) is 18.6. The maximum absolute atomic E-state index is 11.4. The molecule has 0 bridgehead atoms. The number of aldehydes is 1. The summed E-state index contributed by atoms with van der Waals surface area (Å²) in [7, 11) is 1.50. The van der Waals surface area contributed by atoms with Gasteiger partial charge in [-0.2, -0.15) is 0 Å². The van der Waals surface area contributed by atoms with Gasteiger partial charge in [0, 0.05) is 29.4 Å². The number of nitrogens with zero attached hydrogens (tertiary/aromatic N) is 2. The molecule has 0 spiro atoms. The zero-order valence-corrected chi connectivity index (χ0v) is 14.7. The molecule has 3 heterocycles. The van der Waals surface area contributed by atoms with Crippen molar-refractivity contribution in [3.8, 4) is 23.0 Å². The minimum absolute atomic E-state index is 0.248. The lowest BCUT2D eigenvalue weighted by Gasteiger charge is -2.14. The average molecular weight is 359 g/mol. The van der Waals surface area contributed by atoms with Gasteiger partial charge in [-0.15, -0.1) is 0 Å². The number of fused-ring (bicyclic) bond motifs is 1. The van der Waals surface area contributed by atoms with Gasteiger partial charge in [0.2, 0.25) is 5.88 Å². The van der Waals surface area contributed by atoms with Crippen molar-refractivity contribution in [2.75, 3.05) is 7.11 Å². The van der Waals surface area contributed by atoms with Crippen LogP contribution >= 0.6 is 0 Å². The van der Waals surface area contributed by atoms with E-state index in [-0.39, 0.29) is 6.61 Å². The summed E-state index contributed by atoms with van der Waals surface area (Å²) in [6.07, 6.45) is 5.93. The van der Waals surface area contributed by atoms with Crippen molar-refractivity contribution in [2.45, 2.75) is 6.61 Å². The minimum atomic E-state index is 0.248. The molecule has 134 valence electrons. The zero-order valence-electron chi connectivity index (χ0n) is 14.7. The van der Waals surface area contributed by atoms with Crippen LogP contribution in [-0.2, 0) is 6.61 Å². The van der Waals surface area contributed by atoms with Gasteiger partial charge in [-0.3, -0.25) is 9.78 Å². The molecule has 0 fully saturated rings. The third-order valence-corrected chi connectivity index (χ3v) is 4.34. The summed E-state index contributed by atoms with van der Waals surface area (Å²) in [5.74, 6) is 0.763. The molecule has 3 aromatic heterocycles. The topological polar surface area (TPSA) is 77.1 Å². The molecule has 4 rings (SSSR count). The van der Waals surface area contributed by atoms with Crippen molar-refractivity contribution in [1.82, 2.24) is 15.0 Å². The molecule has 1 aromatic carbocycles. The van der Waals surface area contributed by atoms with E-state index < -0.39 is 0 Å². The Morgan fingerprint density at radius 1 is 1.11 bits per heavy atom. The molecular weight excluding hydrogens is 342 g/mol. The third-order valence-electron chi connectivity index (χ3n) is 4.34. The van der Waals surface area contributed by atoms with Crippen molar-refractivity contribution >= 4 is 17.1 Å². The van der Waals surface area contributed by atoms with Crippen molar-refractivity contribution in [3.63, 3.8) is 0 Å². The second kappa shape index (κ2) is 7.29. The SMILES string of the molecule is COc1cc(C=O)c(OCc2c(-c3ccc[nH]3)ncc3ccccc23)cn1. The Kier molecular flexibility index (Phi) is 4.53. The van der Waals surface area contributed by atoms with Gasteiger partial charge in [0.15, 0.2) is 6.29 Å². The van der Waals surface area contributed by atoms with Crippen LogP contribution < -0.4 is 9.47 Å². The number of pyridine rings is 2. The monoisotopic (exact) mass is 359 g/mol. The highest BCUT2D eigenvalue weighted by Gasteiger charge is 2.14. The molecule has 0 amide bonds. The highest BCUT2D eigenvalue weighted by atomic mass is 16.5. The standard InChI is InChI=1S/C21H17N3O3/c1-26-20-9-15(12-25)19(11-23-20)27-13-17-16-6-3-2-5-14(16)10-24-21(17)18-7-4-8-22-18/h2-12,22H,13H2,1H3. The van der Waals surface area contributed by atoms with E-state index in [0.29, 0.717) is 17.2 Å². The summed E-state index contributed by atoms with van der Waals surface area (Å²) in [4.78, 5) is 23.3. The van der Waals surface area contributed by atoms with E-state index in [1.807, 2.05) is 48.8 Å². The first-order valence-electron chi connectivity index (χ1n) is 8.42. The van der Waals surface area contributed by atoms with E-state index in [1.54, 1.807) is 6.07 Å². The number of nitrogens with one attached hydrogen (secondary N) is 1. The van der Waals surface area contributed by atoms with Crippen molar-refractivity contribution in [2.24, 2.45) is 0 Å². The first-order valence-corrected chi connectivity index (χ1v) is 8.42. The predicted molar refractivity (Wildman–Crippen MR) is 102 cm³/mol. The van der Waals surface area contributed by atoms with E-state index in [4.69, 9.17) is 9.47 Å². The molecule has 6 nitrogen and oxygen atoms in total. The Bertz CT molecular complexity index is 1090. The molecule has 4 aromatic rings. The van der Waals surface area contributed by atoms with Gasteiger partial charge in [-0.25, -0.2) is 4.98 Å². The fraction of sp³-hybridized carbons (Fsp3) is 0.0952. The third kappa shape index (κ3) is 3.25. The van der Waals surface area contributed by atoms with Crippen LogP contribution in [0.15, 0.2) is 61.1 Å². The van der Waals surface area contributed by atoms with Gasteiger partial charge in [0.1, 0.15) is 12.4 Å². The van der Waals surface area contributed by atoms with E-state index >= 15 is 0 Å². The number of aromatic amines is 1. The smallest absolute Gasteiger partial charge is 0.213 e. The molecule has 0 saturated heterocycles. The van der Waals surface area contributed by atoms with Gasteiger partial charge in [-0.1, -0.05) is 24.3 Å². The Hall–Kier alpha value is -3.67. The quantitative estimate of drug-likeness (QED) is 0.526. The summed E-state index contributed by atoms with van der Waals surface area (Å²) < 4.78 is 11.0.